The standard InChI is InChI=1S/C21H26N2O3/c1-25-15-19-8-9-20(26-19)21(24)23-12-10-22(11-13-23)18-7-6-16-4-2-3-5-17(16)14-18/h2-5,8-9,18H,6-7,10-15H2,1H3. The molecule has 0 saturated carbocycles. The average Bonchev–Trinajstić information content (AvgIpc) is 3.16. The van der Waals surface area contributed by atoms with E-state index in [1.54, 1.807) is 13.2 Å². The second-order valence-electron chi connectivity index (χ2n) is 7.19. The molecule has 1 aliphatic heterocycles. The smallest absolute Gasteiger partial charge is 0.289 e. The Labute approximate surface area is 154 Å². The zero-order valence-corrected chi connectivity index (χ0v) is 15.3. The fourth-order valence-electron chi connectivity index (χ4n) is 4.15. The topological polar surface area (TPSA) is 45.9 Å². The highest BCUT2D eigenvalue weighted by Crippen LogP contribution is 2.25. The normalized spacial score (nSPS) is 20.8. The summed E-state index contributed by atoms with van der Waals surface area (Å²) in [4.78, 5) is 17.1. The lowest BCUT2D eigenvalue weighted by Gasteiger charge is -2.40. The molecule has 0 N–H and O–H groups in total. The number of carbonyl (C=O) groups is 1. The summed E-state index contributed by atoms with van der Waals surface area (Å²) in [6, 6.07) is 12.9. The summed E-state index contributed by atoms with van der Waals surface area (Å²) in [6.07, 6.45) is 3.50. The van der Waals surface area contributed by atoms with Crippen LogP contribution in [-0.4, -0.2) is 55.0 Å². The predicted octanol–water partition coefficient (Wildman–Crippen LogP) is 2.74. The number of hydrogen-bond acceptors (Lipinski definition) is 4. The molecule has 2 aromatic rings. The van der Waals surface area contributed by atoms with Gasteiger partial charge in [-0.25, -0.2) is 0 Å². The molecule has 138 valence electrons. The largest absolute Gasteiger partial charge is 0.453 e. The lowest BCUT2D eigenvalue weighted by Crippen LogP contribution is -2.53. The molecular weight excluding hydrogens is 328 g/mol. The highest BCUT2D eigenvalue weighted by molar-refractivity contribution is 5.91. The summed E-state index contributed by atoms with van der Waals surface area (Å²) < 4.78 is 10.6. The zero-order valence-electron chi connectivity index (χ0n) is 15.3. The quantitative estimate of drug-likeness (QED) is 0.847. The number of nitrogens with zero attached hydrogens (tertiary/aromatic N) is 2. The van der Waals surface area contributed by atoms with Crippen molar-refractivity contribution in [2.24, 2.45) is 0 Å². The van der Waals surface area contributed by atoms with Crippen molar-refractivity contribution in [3.63, 3.8) is 0 Å². The Morgan fingerprint density at radius 2 is 1.88 bits per heavy atom. The number of piperazine rings is 1. The van der Waals surface area contributed by atoms with Gasteiger partial charge in [-0.05, 0) is 42.5 Å². The molecule has 0 bridgehead atoms. The second-order valence-corrected chi connectivity index (χ2v) is 7.19. The van der Waals surface area contributed by atoms with E-state index in [0.29, 0.717) is 24.2 Å². The van der Waals surface area contributed by atoms with Crippen molar-refractivity contribution in [2.75, 3.05) is 33.3 Å². The molecule has 5 heteroatoms. The van der Waals surface area contributed by atoms with Crippen LogP contribution in [0.1, 0.15) is 33.9 Å². The number of carbonyl (C=O) groups excluding carboxylic acids is 1. The Balaban J connectivity index is 1.33. The van der Waals surface area contributed by atoms with E-state index in [0.717, 1.165) is 39.0 Å². The van der Waals surface area contributed by atoms with Crippen molar-refractivity contribution in [3.8, 4) is 0 Å². The molecule has 2 aliphatic rings. The number of methoxy groups -OCH3 is 1. The number of hydrogen-bond donors (Lipinski definition) is 0. The number of ether oxygens (including phenoxy) is 1. The van der Waals surface area contributed by atoms with E-state index in [9.17, 15) is 4.79 Å². The lowest BCUT2D eigenvalue weighted by molar-refractivity contribution is 0.0520. The number of amides is 1. The van der Waals surface area contributed by atoms with Gasteiger partial charge in [0.05, 0.1) is 0 Å². The summed E-state index contributed by atoms with van der Waals surface area (Å²) in [5.74, 6) is 1.09. The molecule has 1 fully saturated rings. The van der Waals surface area contributed by atoms with Crippen LogP contribution in [0.5, 0.6) is 0 Å². The van der Waals surface area contributed by atoms with Gasteiger partial charge in [0, 0.05) is 39.3 Å². The second kappa shape index (κ2) is 7.64. The lowest BCUT2D eigenvalue weighted by atomic mass is 9.87. The Kier molecular flexibility index (Phi) is 5.09. The molecule has 1 saturated heterocycles. The first kappa shape index (κ1) is 17.3. The maximum absolute atomic E-state index is 12.6. The van der Waals surface area contributed by atoms with E-state index >= 15 is 0 Å². The predicted molar refractivity (Wildman–Crippen MR) is 99.2 cm³/mol. The summed E-state index contributed by atoms with van der Waals surface area (Å²) in [5, 5.41) is 0. The minimum absolute atomic E-state index is 0.0130. The molecule has 1 unspecified atom stereocenters. The Morgan fingerprint density at radius 1 is 1.12 bits per heavy atom. The molecule has 0 radical (unpaired) electrons. The maximum Gasteiger partial charge on any atom is 0.289 e. The van der Waals surface area contributed by atoms with Crippen LogP contribution < -0.4 is 0 Å². The first-order valence-corrected chi connectivity index (χ1v) is 9.42. The van der Waals surface area contributed by atoms with Gasteiger partial charge in [0.25, 0.3) is 5.91 Å². The van der Waals surface area contributed by atoms with Crippen molar-refractivity contribution in [2.45, 2.75) is 31.9 Å². The first-order valence-electron chi connectivity index (χ1n) is 9.42. The van der Waals surface area contributed by atoms with Gasteiger partial charge in [0.1, 0.15) is 12.4 Å². The van der Waals surface area contributed by atoms with E-state index in [-0.39, 0.29) is 5.91 Å². The third-order valence-corrected chi connectivity index (χ3v) is 5.60. The molecule has 26 heavy (non-hydrogen) atoms. The Hall–Kier alpha value is -2.11. The summed E-state index contributed by atoms with van der Waals surface area (Å²) in [5.41, 5.74) is 2.99. The number of furan rings is 1. The van der Waals surface area contributed by atoms with Crippen LogP contribution in [0.2, 0.25) is 0 Å². The van der Waals surface area contributed by atoms with Crippen molar-refractivity contribution < 1.29 is 13.9 Å². The number of benzene rings is 1. The Morgan fingerprint density at radius 3 is 2.65 bits per heavy atom. The maximum atomic E-state index is 12.6. The number of rotatable bonds is 4. The number of fused-ring (bicyclic) bond motifs is 1. The van der Waals surface area contributed by atoms with Crippen LogP contribution in [0.3, 0.4) is 0 Å². The first-order chi connectivity index (χ1) is 12.7. The zero-order chi connectivity index (χ0) is 17.9. The van der Waals surface area contributed by atoms with Crippen LogP contribution in [0, 0.1) is 0 Å². The van der Waals surface area contributed by atoms with E-state index in [2.05, 4.69) is 29.2 Å². The highest BCUT2D eigenvalue weighted by atomic mass is 16.5. The van der Waals surface area contributed by atoms with Crippen LogP contribution >= 0.6 is 0 Å². The SMILES string of the molecule is COCc1ccc(C(=O)N2CCN(C3CCc4ccccc4C3)CC2)o1. The van der Waals surface area contributed by atoms with Crippen LogP contribution in [0.4, 0.5) is 0 Å². The van der Waals surface area contributed by atoms with E-state index in [1.807, 2.05) is 11.0 Å². The van der Waals surface area contributed by atoms with E-state index in [1.165, 1.54) is 17.5 Å². The van der Waals surface area contributed by atoms with Gasteiger partial charge in [0.2, 0.25) is 0 Å². The monoisotopic (exact) mass is 354 g/mol. The molecule has 1 aromatic carbocycles. The van der Waals surface area contributed by atoms with Gasteiger partial charge in [0.15, 0.2) is 5.76 Å². The summed E-state index contributed by atoms with van der Waals surface area (Å²) in [6.45, 7) is 3.78. The molecular formula is C21H26N2O3. The Bertz CT molecular complexity index is 762. The van der Waals surface area contributed by atoms with Crippen LogP contribution in [0.15, 0.2) is 40.8 Å². The van der Waals surface area contributed by atoms with E-state index < -0.39 is 0 Å². The molecule has 5 nitrogen and oxygen atoms in total. The van der Waals surface area contributed by atoms with Crippen molar-refractivity contribution in [3.05, 3.63) is 59.0 Å². The van der Waals surface area contributed by atoms with Gasteiger partial charge in [-0.15, -0.1) is 0 Å². The van der Waals surface area contributed by atoms with Gasteiger partial charge >= 0.3 is 0 Å². The minimum atomic E-state index is -0.0130. The molecule has 0 spiro atoms. The van der Waals surface area contributed by atoms with Crippen molar-refractivity contribution in [1.82, 2.24) is 9.80 Å². The molecule has 1 atom stereocenters. The molecule has 1 amide bonds. The van der Waals surface area contributed by atoms with Crippen molar-refractivity contribution in [1.29, 1.82) is 0 Å². The fraction of sp³-hybridized carbons (Fsp3) is 0.476. The molecule has 2 heterocycles. The molecule has 1 aromatic heterocycles. The number of aryl methyl sites for hydroxylation is 1. The molecule has 4 rings (SSSR count). The van der Waals surface area contributed by atoms with Crippen LogP contribution in [-0.2, 0) is 24.2 Å². The van der Waals surface area contributed by atoms with Crippen molar-refractivity contribution >= 4 is 5.91 Å². The average molecular weight is 354 g/mol. The summed E-state index contributed by atoms with van der Waals surface area (Å²) >= 11 is 0. The third-order valence-electron chi connectivity index (χ3n) is 5.60. The summed E-state index contributed by atoms with van der Waals surface area (Å²) in [7, 11) is 1.62. The van der Waals surface area contributed by atoms with Crippen LogP contribution in [0.25, 0.3) is 0 Å². The van der Waals surface area contributed by atoms with Gasteiger partial charge in [-0.1, -0.05) is 24.3 Å². The van der Waals surface area contributed by atoms with Gasteiger partial charge in [-0.2, -0.15) is 0 Å². The minimum Gasteiger partial charge on any atom is -0.453 e. The van der Waals surface area contributed by atoms with Gasteiger partial charge in [-0.3, -0.25) is 9.69 Å². The molecule has 1 aliphatic carbocycles. The van der Waals surface area contributed by atoms with E-state index in [4.69, 9.17) is 9.15 Å². The van der Waals surface area contributed by atoms with Gasteiger partial charge < -0.3 is 14.1 Å². The highest BCUT2D eigenvalue weighted by Gasteiger charge is 2.29. The third kappa shape index (κ3) is 3.55. The fourth-order valence-corrected chi connectivity index (χ4v) is 4.15.